The summed E-state index contributed by atoms with van der Waals surface area (Å²) < 4.78 is 6.60. The smallest absolute Gasteiger partial charge is 0.250 e. The third-order valence-electron chi connectivity index (χ3n) is 8.04. The fraction of sp³-hybridized carbons (Fsp3) is 0.464. The summed E-state index contributed by atoms with van der Waals surface area (Å²) in [5, 5.41) is 15.8. The van der Waals surface area contributed by atoms with E-state index in [1.165, 1.54) is 0 Å². The Morgan fingerprint density at radius 1 is 1.08 bits per heavy atom. The molecule has 3 amide bonds. The third-order valence-corrected chi connectivity index (χ3v) is 8.29. The Bertz CT molecular complexity index is 1180. The Morgan fingerprint density at radius 2 is 1.81 bits per heavy atom. The van der Waals surface area contributed by atoms with E-state index in [9.17, 15) is 19.5 Å². The van der Waals surface area contributed by atoms with Gasteiger partial charge in [-0.25, -0.2) is 0 Å². The van der Waals surface area contributed by atoms with E-state index in [0.29, 0.717) is 49.5 Å². The number of halogens is 1. The normalized spacial score (nSPS) is 29.9. The number of aliphatic hydroxyl groups is 1. The lowest BCUT2D eigenvalue weighted by atomic mass is 9.66. The van der Waals surface area contributed by atoms with E-state index in [2.05, 4.69) is 10.6 Å². The number of carbonyl (C=O) groups excluding carboxylic acids is 3. The number of fused-ring (bicyclic) bond motifs is 1. The molecule has 1 spiro atoms. The maximum absolute atomic E-state index is 13.9. The number of rotatable bonds is 9. The minimum Gasteiger partial charge on any atom is -0.396 e. The number of amides is 3. The maximum Gasteiger partial charge on any atom is 0.250 e. The number of benzene rings is 2. The second-order valence-corrected chi connectivity index (χ2v) is 10.8. The predicted molar refractivity (Wildman–Crippen MR) is 139 cm³/mol. The van der Waals surface area contributed by atoms with E-state index >= 15 is 0 Å². The predicted octanol–water partition coefficient (Wildman–Crippen LogP) is 3.13. The van der Waals surface area contributed by atoms with Crippen LogP contribution in [0.25, 0.3) is 0 Å². The van der Waals surface area contributed by atoms with E-state index in [1.54, 1.807) is 29.2 Å². The van der Waals surface area contributed by atoms with Crippen LogP contribution in [0.4, 0.5) is 5.69 Å². The second kappa shape index (κ2) is 10.1. The van der Waals surface area contributed by atoms with Gasteiger partial charge in [0, 0.05) is 30.4 Å². The fourth-order valence-electron chi connectivity index (χ4n) is 6.40. The molecule has 0 radical (unpaired) electrons. The second-order valence-electron chi connectivity index (χ2n) is 10.4. The fourth-order valence-corrected chi connectivity index (χ4v) is 6.53. The zero-order valence-corrected chi connectivity index (χ0v) is 21.5. The average Bonchev–Trinajstić information content (AvgIpc) is 3.45. The number of anilines is 1. The monoisotopic (exact) mass is 525 g/mol. The molecule has 2 aromatic rings. The largest absolute Gasteiger partial charge is 0.396 e. The van der Waals surface area contributed by atoms with Crippen LogP contribution in [0.5, 0.6) is 0 Å². The van der Waals surface area contributed by atoms with Crippen LogP contribution in [0.2, 0.25) is 5.02 Å². The van der Waals surface area contributed by atoms with E-state index in [4.69, 9.17) is 16.3 Å². The number of ether oxygens (including phenoxy) is 1. The quantitative estimate of drug-likeness (QED) is 0.436. The Balaban J connectivity index is 1.43. The number of hydrogen-bond donors (Lipinski definition) is 3. The first-order valence-corrected chi connectivity index (χ1v) is 13.2. The minimum atomic E-state index is -1.09. The van der Waals surface area contributed by atoms with Crippen LogP contribution in [-0.4, -0.2) is 58.1 Å². The summed E-state index contributed by atoms with van der Waals surface area (Å²) in [5.74, 6) is -2.28. The molecule has 5 atom stereocenters. The summed E-state index contributed by atoms with van der Waals surface area (Å²) in [6.45, 7) is 2.53. The molecule has 3 aliphatic heterocycles. The van der Waals surface area contributed by atoms with Crippen molar-refractivity contribution in [3.63, 3.8) is 0 Å². The standard InChI is InChI=1S/C28H32ClN3O5/c1-27-13-14-28(37-27)22(21(27)24(34)30-17-18-7-3-2-4-8-18)26(36)32(15-5-6-16-33)23(28)25(35)31-20-11-9-19(29)10-12-20/h2-4,7-12,21-23,33H,5-6,13-17H2,1H3,(H,30,34)(H,31,35)/t21-,22+,23?,27+,28?/m1/s1. The minimum absolute atomic E-state index is 0.00265. The molecule has 2 aromatic carbocycles. The summed E-state index contributed by atoms with van der Waals surface area (Å²) in [6, 6.07) is 15.5. The Morgan fingerprint density at radius 3 is 2.51 bits per heavy atom. The number of nitrogens with zero attached hydrogens (tertiary/aromatic N) is 1. The van der Waals surface area contributed by atoms with Crippen LogP contribution in [0.1, 0.15) is 38.2 Å². The zero-order chi connectivity index (χ0) is 26.2. The van der Waals surface area contributed by atoms with E-state index < -0.39 is 29.1 Å². The van der Waals surface area contributed by atoms with Gasteiger partial charge in [0.2, 0.25) is 17.7 Å². The lowest BCUT2D eigenvalue weighted by Gasteiger charge is -2.33. The van der Waals surface area contributed by atoms with Crippen LogP contribution >= 0.6 is 11.6 Å². The van der Waals surface area contributed by atoms with Gasteiger partial charge in [-0.05, 0) is 62.4 Å². The zero-order valence-electron chi connectivity index (χ0n) is 20.8. The van der Waals surface area contributed by atoms with Crippen molar-refractivity contribution >= 4 is 35.0 Å². The highest BCUT2D eigenvalue weighted by Gasteiger charge is 2.77. The van der Waals surface area contributed by atoms with E-state index in [0.717, 1.165) is 5.56 Å². The van der Waals surface area contributed by atoms with Crippen molar-refractivity contribution in [2.75, 3.05) is 18.5 Å². The summed E-state index contributed by atoms with van der Waals surface area (Å²) in [4.78, 5) is 42.8. The third kappa shape index (κ3) is 4.51. The molecule has 3 aliphatic rings. The molecular formula is C28H32ClN3O5. The Kier molecular flexibility index (Phi) is 7.00. The highest BCUT2D eigenvalue weighted by atomic mass is 35.5. The summed E-state index contributed by atoms with van der Waals surface area (Å²) in [5.41, 5.74) is -0.399. The number of aliphatic hydroxyl groups excluding tert-OH is 1. The molecule has 0 saturated carbocycles. The van der Waals surface area contributed by atoms with E-state index in [1.807, 2.05) is 37.3 Å². The van der Waals surface area contributed by atoms with Crippen molar-refractivity contribution in [3.05, 3.63) is 65.2 Å². The molecule has 0 aliphatic carbocycles. The molecule has 3 N–H and O–H groups in total. The molecule has 3 fully saturated rings. The Hall–Kier alpha value is -2.94. The van der Waals surface area contributed by atoms with Crippen molar-refractivity contribution in [2.24, 2.45) is 11.8 Å². The molecule has 8 nitrogen and oxygen atoms in total. The first kappa shape index (κ1) is 25.7. The van der Waals surface area contributed by atoms with E-state index in [-0.39, 0.29) is 24.3 Å². The maximum atomic E-state index is 13.9. The van der Waals surface area contributed by atoms with Gasteiger partial charge in [-0.2, -0.15) is 0 Å². The lowest BCUT2D eigenvalue weighted by molar-refractivity contribution is -0.144. The van der Waals surface area contributed by atoms with Gasteiger partial charge in [-0.15, -0.1) is 0 Å². The molecule has 3 saturated heterocycles. The molecule has 9 heteroatoms. The first-order chi connectivity index (χ1) is 17.8. The summed E-state index contributed by atoms with van der Waals surface area (Å²) >= 11 is 5.99. The number of unbranched alkanes of at least 4 members (excludes halogenated alkanes) is 1. The van der Waals surface area contributed by atoms with Gasteiger partial charge in [0.1, 0.15) is 11.6 Å². The summed E-state index contributed by atoms with van der Waals surface area (Å²) in [7, 11) is 0. The molecule has 2 unspecified atom stereocenters. The molecular weight excluding hydrogens is 494 g/mol. The number of likely N-dealkylation sites (tertiary alicyclic amines) is 1. The molecule has 0 aromatic heterocycles. The van der Waals surface area contributed by atoms with Gasteiger partial charge in [0.15, 0.2) is 0 Å². The SMILES string of the molecule is C[C@@]12CCC3(O1)C(C(=O)Nc1ccc(Cl)cc1)N(CCCCO)C(=O)[C@@H]3[C@@H]2C(=O)NCc1ccccc1. The highest BCUT2D eigenvalue weighted by Crippen LogP contribution is 2.63. The van der Waals surface area contributed by atoms with Gasteiger partial charge in [0.25, 0.3) is 0 Å². The van der Waals surface area contributed by atoms with Crippen LogP contribution < -0.4 is 10.6 Å². The first-order valence-electron chi connectivity index (χ1n) is 12.8. The summed E-state index contributed by atoms with van der Waals surface area (Å²) in [6.07, 6.45) is 2.14. The van der Waals surface area contributed by atoms with Gasteiger partial charge in [0.05, 0.1) is 17.4 Å². The lowest BCUT2D eigenvalue weighted by Crippen LogP contribution is -2.53. The molecule has 3 heterocycles. The van der Waals surface area contributed by atoms with Crippen molar-refractivity contribution in [1.82, 2.24) is 10.2 Å². The van der Waals surface area contributed by atoms with Crippen LogP contribution in [0, 0.1) is 11.8 Å². The van der Waals surface area contributed by atoms with Crippen molar-refractivity contribution in [1.29, 1.82) is 0 Å². The van der Waals surface area contributed by atoms with Crippen molar-refractivity contribution in [2.45, 2.75) is 56.4 Å². The van der Waals surface area contributed by atoms with Gasteiger partial charge in [-0.3, -0.25) is 14.4 Å². The van der Waals surface area contributed by atoms with Gasteiger partial charge in [-0.1, -0.05) is 41.9 Å². The molecule has 196 valence electrons. The van der Waals surface area contributed by atoms with Gasteiger partial charge < -0.3 is 25.4 Å². The van der Waals surface area contributed by atoms with Gasteiger partial charge >= 0.3 is 0 Å². The Labute approximate surface area is 221 Å². The van der Waals surface area contributed by atoms with Crippen molar-refractivity contribution in [3.8, 4) is 0 Å². The molecule has 5 rings (SSSR count). The van der Waals surface area contributed by atoms with Crippen molar-refractivity contribution < 1.29 is 24.2 Å². The number of nitrogens with one attached hydrogen (secondary N) is 2. The highest BCUT2D eigenvalue weighted by molar-refractivity contribution is 6.30. The molecule has 37 heavy (non-hydrogen) atoms. The van der Waals surface area contributed by atoms with Crippen LogP contribution in [0.15, 0.2) is 54.6 Å². The topological polar surface area (TPSA) is 108 Å². The number of hydrogen-bond acceptors (Lipinski definition) is 5. The molecule has 2 bridgehead atoms. The number of carbonyl (C=O) groups is 3. The van der Waals surface area contributed by atoms with Crippen LogP contribution in [0.3, 0.4) is 0 Å². The average molecular weight is 526 g/mol. The van der Waals surface area contributed by atoms with Crippen LogP contribution in [-0.2, 0) is 25.7 Å².